The molecule has 2 atom stereocenters. The zero-order valence-corrected chi connectivity index (χ0v) is 11.3. The number of likely N-dealkylation sites (N-methyl/N-ethyl adjacent to an activating group) is 1. The molecule has 100 valence electrons. The fraction of sp³-hybridized carbons (Fsp3) is 0.500. The molecule has 0 aromatic heterocycles. The molecule has 1 aromatic carbocycles. The van der Waals surface area contributed by atoms with Crippen LogP contribution in [0.3, 0.4) is 0 Å². The third-order valence-corrected chi connectivity index (χ3v) is 3.31. The first kappa shape index (κ1) is 14.5. The smallest absolute Gasteiger partial charge is 0.321 e. The van der Waals surface area contributed by atoms with Crippen molar-refractivity contribution >= 4 is 5.97 Å². The first-order valence-corrected chi connectivity index (χ1v) is 6.08. The number of aliphatic carboxylic acids is 1. The van der Waals surface area contributed by atoms with Gasteiger partial charge in [-0.3, -0.25) is 9.69 Å². The highest BCUT2D eigenvalue weighted by atomic mass is 16.4. The molecule has 0 aliphatic heterocycles. The summed E-state index contributed by atoms with van der Waals surface area (Å²) in [5.74, 6) is -0.558. The molecular weight excluding hydrogens is 230 g/mol. The van der Waals surface area contributed by atoms with Gasteiger partial charge in [0.15, 0.2) is 0 Å². The van der Waals surface area contributed by atoms with Gasteiger partial charge in [-0.1, -0.05) is 26.0 Å². The van der Waals surface area contributed by atoms with Gasteiger partial charge in [-0.15, -0.1) is 0 Å². The first-order chi connectivity index (χ1) is 8.34. The zero-order valence-electron chi connectivity index (χ0n) is 11.3. The Balaban J connectivity index is 2.91. The van der Waals surface area contributed by atoms with Crippen LogP contribution in [0.5, 0.6) is 5.75 Å². The number of carboxylic acids is 1. The van der Waals surface area contributed by atoms with Crippen molar-refractivity contribution in [2.24, 2.45) is 5.92 Å². The summed E-state index contributed by atoms with van der Waals surface area (Å²) >= 11 is 0. The van der Waals surface area contributed by atoms with Crippen LogP contribution in [0.25, 0.3) is 0 Å². The van der Waals surface area contributed by atoms with Crippen LogP contribution in [0.4, 0.5) is 0 Å². The predicted octanol–water partition coefficient (Wildman–Crippen LogP) is 2.49. The highest BCUT2D eigenvalue weighted by molar-refractivity contribution is 5.73. The van der Waals surface area contributed by atoms with Crippen molar-refractivity contribution in [2.75, 3.05) is 7.05 Å². The molecule has 0 heterocycles. The molecule has 1 rings (SSSR count). The molecule has 2 unspecified atom stereocenters. The van der Waals surface area contributed by atoms with Crippen molar-refractivity contribution < 1.29 is 15.0 Å². The highest BCUT2D eigenvalue weighted by Gasteiger charge is 2.29. The van der Waals surface area contributed by atoms with Crippen molar-refractivity contribution in [1.29, 1.82) is 0 Å². The third-order valence-electron chi connectivity index (χ3n) is 3.31. The fourth-order valence-electron chi connectivity index (χ4n) is 2.16. The molecule has 0 bridgehead atoms. The average Bonchev–Trinajstić information content (AvgIpc) is 2.28. The van der Waals surface area contributed by atoms with Gasteiger partial charge in [-0.05, 0) is 37.6 Å². The van der Waals surface area contributed by atoms with E-state index >= 15 is 0 Å². The fourth-order valence-corrected chi connectivity index (χ4v) is 2.16. The summed E-state index contributed by atoms with van der Waals surface area (Å²) in [7, 11) is 1.82. The molecule has 0 aliphatic carbocycles. The van der Waals surface area contributed by atoms with E-state index in [4.69, 9.17) is 0 Å². The van der Waals surface area contributed by atoms with E-state index in [1.807, 2.05) is 44.9 Å². The Kier molecular flexibility index (Phi) is 4.73. The molecule has 2 N–H and O–H groups in total. The van der Waals surface area contributed by atoms with Gasteiger partial charge in [0.05, 0.1) is 0 Å². The summed E-state index contributed by atoms with van der Waals surface area (Å²) < 4.78 is 0. The molecule has 0 saturated heterocycles. The Morgan fingerprint density at radius 3 is 2.06 bits per heavy atom. The van der Waals surface area contributed by atoms with Crippen LogP contribution in [0.15, 0.2) is 24.3 Å². The lowest BCUT2D eigenvalue weighted by molar-refractivity contribution is -0.145. The summed E-state index contributed by atoms with van der Waals surface area (Å²) in [6, 6.07) is 6.32. The van der Waals surface area contributed by atoms with Crippen molar-refractivity contribution in [1.82, 2.24) is 4.90 Å². The molecule has 0 spiro atoms. The van der Waals surface area contributed by atoms with E-state index in [-0.39, 0.29) is 17.7 Å². The van der Waals surface area contributed by atoms with Crippen molar-refractivity contribution in [3.8, 4) is 5.75 Å². The van der Waals surface area contributed by atoms with E-state index < -0.39 is 12.0 Å². The van der Waals surface area contributed by atoms with Crippen LogP contribution >= 0.6 is 0 Å². The van der Waals surface area contributed by atoms with Gasteiger partial charge in [0, 0.05) is 6.04 Å². The second-order valence-corrected chi connectivity index (χ2v) is 4.96. The van der Waals surface area contributed by atoms with Crippen LogP contribution in [0.1, 0.15) is 32.4 Å². The molecule has 1 aromatic rings. The molecule has 0 aliphatic rings. The summed E-state index contributed by atoms with van der Waals surface area (Å²) in [6.07, 6.45) is 0. The van der Waals surface area contributed by atoms with E-state index in [0.29, 0.717) is 0 Å². The molecule has 4 nitrogen and oxygen atoms in total. The lowest BCUT2D eigenvalue weighted by atomic mass is 9.99. The Labute approximate surface area is 108 Å². The van der Waals surface area contributed by atoms with Crippen LogP contribution < -0.4 is 0 Å². The molecule has 0 amide bonds. The topological polar surface area (TPSA) is 60.8 Å². The summed E-state index contributed by atoms with van der Waals surface area (Å²) in [4.78, 5) is 13.1. The SMILES string of the molecule is CC(C)C(C(=O)O)N(C)C(C)c1ccc(O)cc1. The number of carboxylic acid groups (broad SMARTS) is 1. The van der Waals surface area contributed by atoms with Crippen molar-refractivity contribution in [3.63, 3.8) is 0 Å². The minimum Gasteiger partial charge on any atom is -0.508 e. The Morgan fingerprint density at radius 2 is 1.67 bits per heavy atom. The molecule has 0 saturated carbocycles. The largest absolute Gasteiger partial charge is 0.508 e. The van der Waals surface area contributed by atoms with Crippen LogP contribution in [0.2, 0.25) is 0 Å². The standard InChI is InChI=1S/C14H21NO3/c1-9(2)13(14(17)18)15(4)10(3)11-5-7-12(16)8-6-11/h5-10,13,16H,1-4H3,(H,17,18). The molecule has 4 heteroatoms. The van der Waals surface area contributed by atoms with Crippen molar-refractivity contribution in [3.05, 3.63) is 29.8 Å². The Morgan fingerprint density at radius 1 is 1.17 bits per heavy atom. The van der Waals surface area contributed by atoms with Gasteiger partial charge >= 0.3 is 5.97 Å². The highest BCUT2D eigenvalue weighted by Crippen LogP contribution is 2.25. The lowest BCUT2D eigenvalue weighted by Gasteiger charge is -2.33. The Hall–Kier alpha value is -1.55. The number of aromatic hydroxyl groups is 1. The molecule has 0 fully saturated rings. The number of nitrogens with zero attached hydrogens (tertiary/aromatic N) is 1. The zero-order chi connectivity index (χ0) is 13.9. The average molecular weight is 251 g/mol. The van der Waals surface area contributed by atoms with Crippen LogP contribution in [-0.2, 0) is 4.79 Å². The van der Waals surface area contributed by atoms with Crippen LogP contribution in [-0.4, -0.2) is 34.2 Å². The van der Waals surface area contributed by atoms with Gasteiger partial charge in [-0.25, -0.2) is 0 Å². The molecular formula is C14H21NO3. The van der Waals surface area contributed by atoms with E-state index in [2.05, 4.69) is 0 Å². The number of carbonyl (C=O) groups is 1. The maximum absolute atomic E-state index is 11.3. The van der Waals surface area contributed by atoms with Crippen molar-refractivity contribution in [2.45, 2.75) is 32.9 Å². The number of hydrogen-bond acceptors (Lipinski definition) is 3. The lowest BCUT2D eigenvalue weighted by Crippen LogP contribution is -2.43. The van der Waals surface area contributed by atoms with E-state index in [1.54, 1.807) is 12.1 Å². The summed E-state index contributed by atoms with van der Waals surface area (Å²) in [6.45, 7) is 5.77. The maximum atomic E-state index is 11.3. The van der Waals surface area contributed by atoms with E-state index in [9.17, 15) is 15.0 Å². The van der Waals surface area contributed by atoms with Gasteiger partial charge in [-0.2, -0.15) is 0 Å². The normalized spacial score (nSPS) is 14.8. The number of rotatable bonds is 5. The minimum atomic E-state index is -0.807. The van der Waals surface area contributed by atoms with E-state index in [0.717, 1.165) is 5.56 Å². The monoisotopic (exact) mass is 251 g/mol. The van der Waals surface area contributed by atoms with Gasteiger partial charge in [0.25, 0.3) is 0 Å². The van der Waals surface area contributed by atoms with Crippen LogP contribution in [0, 0.1) is 5.92 Å². The third kappa shape index (κ3) is 3.23. The second-order valence-electron chi connectivity index (χ2n) is 4.96. The van der Waals surface area contributed by atoms with Gasteiger partial charge in [0.1, 0.15) is 11.8 Å². The van der Waals surface area contributed by atoms with E-state index in [1.165, 1.54) is 0 Å². The molecule has 18 heavy (non-hydrogen) atoms. The quantitative estimate of drug-likeness (QED) is 0.844. The first-order valence-electron chi connectivity index (χ1n) is 6.08. The number of phenols is 1. The number of benzene rings is 1. The predicted molar refractivity (Wildman–Crippen MR) is 70.5 cm³/mol. The minimum absolute atomic E-state index is 0.0194. The van der Waals surface area contributed by atoms with Gasteiger partial charge in [0.2, 0.25) is 0 Å². The molecule has 0 radical (unpaired) electrons. The number of phenolic OH excluding ortho intramolecular Hbond substituents is 1. The maximum Gasteiger partial charge on any atom is 0.321 e. The summed E-state index contributed by atoms with van der Waals surface area (Å²) in [5, 5.41) is 18.5. The second kappa shape index (κ2) is 5.87. The number of hydrogen-bond donors (Lipinski definition) is 2. The summed E-state index contributed by atoms with van der Waals surface area (Å²) in [5.41, 5.74) is 0.988. The van der Waals surface area contributed by atoms with Gasteiger partial charge < -0.3 is 10.2 Å². The Bertz CT molecular complexity index is 400.